The monoisotopic (exact) mass is 211 g/mol. The molecule has 0 aromatic carbocycles. The number of nitrogens with one attached hydrogen (secondary N) is 1. The SMILES string of the molecule is CCCNC(COCC)c1cn(C)cn1. The maximum Gasteiger partial charge on any atom is 0.0947 e. The van der Waals surface area contributed by atoms with Gasteiger partial charge < -0.3 is 14.6 Å². The van der Waals surface area contributed by atoms with Crippen LogP contribution in [0.1, 0.15) is 32.0 Å². The molecule has 0 aliphatic rings. The van der Waals surface area contributed by atoms with Crippen LogP contribution in [-0.4, -0.2) is 29.3 Å². The highest BCUT2D eigenvalue weighted by Gasteiger charge is 2.12. The molecule has 1 N–H and O–H groups in total. The fourth-order valence-corrected chi connectivity index (χ4v) is 1.42. The lowest BCUT2D eigenvalue weighted by Crippen LogP contribution is -2.26. The average molecular weight is 211 g/mol. The summed E-state index contributed by atoms with van der Waals surface area (Å²) in [5, 5.41) is 3.43. The number of imidazole rings is 1. The van der Waals surface area contributed by atoms with Crippen molar-refractivity contribution in [2.75, 3.05) is 19.8 Å². The number of hydrogen-bond acceptors (Lipinski definition) is 3. The summed E-state index contributed by atoms with van der Waals surface area (Å²) in [6.45, 7) is 6.59. The van der Waals surface area contributed by atoms with Gasteiger partial charge in [0.2, 0.25) is 0 Å². The Morgan fingerprint density at radius 2 is 2.33 bits per heavy atom. The first-order chi connectivity index (χ1) is 7.27. The minimum absolute atomic E-state index is 0.214. The molecule has 1 aromatic heterocycles. The van der Waals surface area contributed by atoms with Gasteiger partial charge in [-0.05, 0) is 19.9 Å². The third kappa shape index (κ3) is 4.01. The predicted octanol–water partition coefficient (Wildman–Crippen LogP) is 1.50. The zero-order valence-electron chi connectivity index (χ0n) is 9.86. The molecule has 0 radical (unpaired) electrons. The summed E-state index contributed by atoms with van der Waals surface area (Å²) in [6, 6.07) is 0.214. The molecular weight excluding hydrogens is 190 g/mol. The fourth-order valence-electron chi connectivity index (χ4n) is 1.42. The van der Waals surface area contributed by atoms with E-state index in [0.29, 0.717) is 6.61 Å². The first kappa shape index (κ1) is 12.2. The molecule has 86 valence electrons. The van der Waals surface area contributed by atoms with Crippen molar-refractivity contribution in [1.82, 2.24) is 14.9 Å². The van der Waals surface area contributed by atoms with E-state index in [-0.39, 0.29) is 6.04 Å². The Bertz CT molecular complexity index is 265. The molecule has 0 bridgehead atoms. The summed E-state index contributed by atoms with van der Waals surface area (Å²) in [7, 11) is 1.98. The van der Waals surface area contributed by atoms with E-state index in [1.165, 1.54) is 0 Å². The van der Waals surface area contributed by atoms with Gasteiger partial charge in [-0.2, -0.15) is 0 Å². The molecule has 15 heavy (non-hydrogen) atoms. The first-order valence-electron chi connectivity index (χ1n) is 5.56. The molecule has 1 unspecified atom stereocenters. The van der Waals surface area contributed by atoms with Gasteiger partial charge in [-0.1, -0.05) is 6.92 Å². The Morgan fingerprint density at radius 3 is 2.87 bits per heavy atom. The predicted molar refractivity (Wildman–Crippen MR) is 60.7 cm³/mol. The minimum atomic E-state index is 0.214. The number of aryl methyl sites for hydroxylation is 1. The molecule has 0 fully saturated rings. The van der Waals surface area contributed by atoms with Gasteiger partial charge in [0, 0.05) is 19.9 Å². The summed E-state index contributed by atoms with van der Waals surface area (Å²) >= 11 is 0. The highest BCUT2D eigenvalue weighted by molar-refractivity contribution is 5.03. The number of aromatic nitrogens is 2. The smallest absolute Gasteiger partial charge is 0.0947 e. The minimum Gasteiger partial charge on any atom is -0.380 e. The highest BCUT2D eigenvalue weighted by Crippen LogP contribution is 2.10. The van der Waals surface area contributed by atoms with Gasteiger partial charge in [0.1, 0.15) is 0 Å². The van der Waals surface area contributed by atoms with E-state index in [0.717, 1.165) is 25.3 Å². The second-order valence-corrected chi connectivity index (χ2v) is 3.63. The summed E-state index contributed by atoms with van der Waals surface area (Å²) in [4.78, 5) is 4.34. The third-order valence-corrected chi connectivity index (χ3v) is 2.21. The number of rotatable bonds is 7. The van der Waals surface area contributed by atoms with Crippen LogP contribution >= 0.6 is 0 Å². The number of hydrogen-bond donors (Lipinski definition) is 1. The first-order valence-corrected chi connectivity index (χ1v) is 5.56. The van der Waals surface area contributed by atoms with E-state index in [2.05, 4.69) is 17.2 Å². The molecule has 0 saturated carbocycles. The molecular formula is C11H21N3O. The third-order valence-electron chi connectivity index (χ3n) is 2.21. The van der Waals surface area contributed by atoms with Gasteiger partial charge in [-0.25, -0.2) is 4.98 Å². The molecule has 1 heterocycles. The van der Waals surface area contributed by atoms with E-state index < -0.39 is 0 Å². The van der Waals surface area contributed by atoms with Crippen LogP contribution in [0.2, 0.25) is 0 Å². The van der Waals surface area contributed by atoms with Crippen LogP contribution in [0.25, 0.3) is 0 Å². The quantitative estimate of drug-likeness (QED) is 0.743. The molecule has 0 amide bonds. The Labute approximate surface area is 91.7 Å². The van der Waals surface area contributed by atoms with Crippen LogP contribution in [0.5, 0.6) is 0 Å². The van der Waals surface area contributed by atoms with Crippen molar-refractivity contribution in [2.45, 2.75) is 26.3 Å². The van der Waals surface area contributed by atoms with Crippen LogP contribution < -0.4 is 5.32 Å². The van der Waals surface area contributed by atoms with Crippen molar-refractivity contribution < 1.29 is 4.74 Å². The van der Waals surface area contributed by atoms with Crippen molar-refractivity contribution in [3.63, 3.8) is 0 Å². The van der Waals surface area contributed by atoms with E-state index >= 15 is 0 Å². The summed E-state index contributed by atoms with van der Waals surface area (Å²) < 4.78 is 7.40. The van der Waals surface area contributed by atoms with Crippen molar-refractivity contribution in [1.29, 1.82) is 0 Å². The maximum atomic E-state index is 5.44. The van der Waals surface area contributed by atoms with Crippen LogP contribution in [0.15, 0.2) is 12.5 Å². The summed E-state index contributed by atoms with van der Waals surface area (Å²) in [5.41, 5.74) is 1.06. The van der Waals surface area contributed by atoms with E-state index in [9.17, 15) is 0 Å². The lowest BCUT2D eigenvalue weighted by Gasteiger charge is -2.15. The zero-order chi connectivity index (χ0) is 11.1. The van der Waals surface area contributed by atoms with Gasteiger partial charge in [0.15, 0.2) is 0 Å². The Hall–Kier alpha value is -0.870. The average Bonchev–Trinajstić information content (AvgIpc) is 2.65. The van der Waals surface area contributed by atoms with Gasteiger partial charge >= 0.3 is 0 Å². The summed E-state index contributed by atoms with van der Waals surface area (Å²) in [5.74, 6) is 0. The standard InChI is InChI=1S/C11H21N3O/c1-4-6-12-11(8-15-5-2)10-7-14(3)9-13-10/h7,9,11-12H,4-6,8H2,1-3H3. The Balaban J connectivity index is 2.54. The fraction of sp³-hybridized carbons (Fsp3) is 0.727. The van der Waals surface area contributed by atoms with Crippen LogP contribution in [0, 0.1) is 0 Å². The molecule has 0 aliphatic heterocycles. The molecule has 1 aromatic rings. The maximum absolute atomic E-state index is 5.44. The van der Waals surface area contributed by atoms with Crippen LogP contribution in [0.3, 0.4) is 0 Å². The van der Waals surface area contributed by atoms with Crippen molar-refractivity contribution in [3.8, 4) is 0 Å². The Kier molecular flexibility index (Phi) is 5.36. The highest BCUT2D eigenvalue weighted by atomic mass is 16.5. The van der Waals surface area contributed by atoms with Gasteiger partial charge in [0.25, 0.3) is 0 Å². The van der Waals surface area contributed by atoms with Gasteiger partial charge in [-0.3, -0.25) is 0 Å². The lowest BCUT2D eigenvalue weighted by atomic mass is 10.2. The van der Waals surface area contributed by atoms with Crippen LogP contribution in [0.4, 0.5) is 0 Å². The largest absolute Gasteiger partial charge is 0.380 e. The molecule has 4 heteroatoms. The van der Waals surface area contributed by atoms with Crippen molar-refractivity contribution >= 4 is 0 Å². The zero-order valence-corrected chi connectivity index (χ0v) is 9.86. The van der Waals surface area contributed by atoms with Gasteiger partial charge in [-0.15, -0.1) is 0 Å². The van der Waals surface area contributed by atoms with E-state index in [1.54, 1.807) is 0 Å². The van der Waals surface area contributed by atoms with Crippen molar-refractivity contribution in [2.24, 2.45) is 7.05 Å². The molecule has 1 atom stereocenters. The molecule has 0 aliphatic carbocycles. The summed E-state index contributed by atoms with van der Waals surface area (Å²) in [6.07, 6.45) is 4.98. The van der Waals surface area contributed by atoms with E-state index in [4.69, 9.17) is 4.74 Å². The topological polar surface area (TPSA) is 39.1 Å². The second-order valence-electron chi connectivity index (χ2n) is 3.63. The molecule has 4 nitrogen and oxygen atoms in total. The van der Waals surface area contributed by atoms with Crippen LogP contribution in [-0.2, 0) is 11.8 Å². The molecule has 0 spiro atoms. The van der Waals surface area contributed by atoms with E-state index in [1.807, 2.05) is 31.1 Å². The molecule has 1 rings (SSSR count). The second kappa shape index (κ2) is 6.58. The lowest BCUT2D eigenvalue weighted by molar-refractivity contribution is 0.122. The Morgan fingerprint density at radius 1 is 1.53 bits per heavy atom. The van der Waals surface area contributed by atoms with Gasteiger partial charge in [0.05, 0.1) is 24.7 Å². The van der Waals surface area contributed by atoms with Crippen molar-refractivity contribution in [3.05, 3.63) is 18.2 Å². The normalized spacial score (nSPS) is 13.0. The number of nitrogens with zero attached hydrogens (tertiary/aromatic N) is 2. The molecule has 0 saturated heterocycles. The number of ether oxygens (including phenoxy) is 1.